The van der Waals surface area contributed by atoms with E-state index in [4.69, 9.17) is 0 Å². The molecule has 0 fully saturated rings. The van der Waals surface area contributed by atoms with Gasteiger partial charge in [-0.1, -0.05) is 15.9 Å². The summed E-state index contributed by atoms with van der Waals surface area (Å²) < 4.78 is 58.9. The molecule has 2 nitrogen and oxygen atoms in total. The number of halogens is 5. The van der Waals surface area contributed by atoms with E-state index in [1.807, 2.05) is 0 Å². The summed E-state index contributed by atoms with van der Waals surface area (Å²) in [5.74, 6) is -0.930. The maximum Gasteiger partial charge on any atom is 0.270 e. The number of rotatable bonds is 2. The lowest BCUT2D eigenvalue weighted by Crippen LogP contribution is -2.47. The van der Waals surface area contributed by atoms with Crippen LogP contribution in [0.1, 0.15) is 5.56 Å². The summed E-state index contributed by atoms with van der Waals surface area (Å²) in [6, 6.07) is 3.44. The Balaban J connectivity index is 2.64. The smallest absolute Gasteiger partial charge is 0.270 e. The Bertz CT molecular complexity index is 482. The third-order valence-corrected chi connectivity index (χ3v) is 3.25. The molecule has 2 rings (SSSR count). The zero-order valence-corrected chi connectivity index (χ0v) is 10.5. The van der Waals surface area contributed by atoms with Gasteiger partial charge < -0.3 is 4.74 Å². The Morgan fingerprint density at radius 2 is 2.17 bits per heavy atom. The number of nitrogens with zero attached hydrogens (tertiary/aromatic N) is 1. The van der Waals surface area contributed by atoms with Crippen LogP contribution in [-0.2, 0) is 10.3 Å². The van der Waals surface area contributed by atoms with Crippen LogP contribution < -0.4 is 0 Å². The number of hydrogen-bond acceptors (Lipinski definition) is 2. The molecule has 0 unspecified atom stereocenters. The van der Waals surface area contributed by atoms with E-state index in [1.165, 1.54) is 6.07 Å². The summed E-state index contributed by atoms with van der Waals surface area (Å²) in [5.41, 5.74) is -3.04. The van der Waals surface area contributed by atoms with Crippen molar-refractivity contribution < 1.29 is 22.3 Å². The van der Waals surface area contributed by atoms with Gasteiger partial charge in [0.1, 0.15) is 12.4 Å². The summed E-state index contributed by atoms with van der Waals surface area (Å²) in [7, 11) is 0. The van der Waals surface area contributed by atoms with Crippen LogP contribution in [-0.4, -0.2) is 25.6 Å². The first-order chi connectivity index (χ1) is 8.48. The second kappa shape index (κ2) is 4.87. The zero-order valence-electron chi connectivity index (χ0n) is 8.92. The van der Waals surface area contributed by atoms with Gasteiger partial charge >= 0.3 is 0 Å². The molecule has 0 N–H and O–H groups in total. The molecule has 0 radical (unpaired) electrons. The minimum Gasteiger partial charge on any atom is -0.480 e. The van der Waals surface area contributed by atoms with Crippen LogP contribution in [0.2, 0.25) is 0 Å². The Kier molecular flexibility index (Phi) is 3.61. The van der Waals surface area contributed by atoms with Gasteiger partial charge in [0.25, 0.3) is 6.43 Å². The number of alkyl halides is 3. The zero-order chi connectivity index (χ0) is 13.3. The van der Waals surface area contributed by atoms with Crippen LogP contribution in [0.15, 0.2) is 27.7 Å². The predicted molar refractivity (Wildman–Crippen MR) is 61.1 cm³/mol. The molecule has 1 heterocycles. The number of benzene rings is 1. The highest BCUT2D eigenvalue weighted by Gasteiger charge is 2.52. The molecule has 98 valence electrons. The molecule has 0 aliphatic carbocycles. The minimum absolute atomic E-state index is 0.368. The van der Waals surface area contributed by atoms with Gasteiger partial charge in [-0.25, -0.2) is 22.6 Å². The van der Waals surface area contributed by atoms with E-state index in [0.29, 0.717) is 4.47 Å². The SMILES string of the molecule is Fc1ccc(Br)cc1[C@@]1(C(F)F)N=COC[C@H]1F. The predicted octanol–water partition coefficient (Wildman–Crippen LogP) is 3.45. The summed E-state index contributed by atoms with van der Waals surface area (Å²) in [6.45, 7) is -0.584. The fraction of sp³-hybridized carbons (Fsp3) is 0.364. The first-order valence-corrected chi connectivity index (χ1v) is 5.81. The summed E-state index contributed by atoms with van der Waals surface area (Å²) in [6.07, 6.45) is -4.56. The van der Waals surface area contributed by atoms with Gasteiger partial charge in [0, 0.05) is 10.0 Å². The highest BCUT2D eigenvalue weighted by Crippen LogP contribution is 2.41. The molecule has 1 aromatic rings. The van der Waals surface area contributed by atoms with Crippen molar-refractivity contribution in [3.8, 4) is 0 Å². The van der Waals surface area contributed by atoms with Crippen LogP contribution in [0.25, 0.3) is 0 Å². The average Bonchev–Trinajstić information content (AvgIpc) is 2.33. The molecule has 0 aromatic heterocycles. The molecule has 1 aromatic carbocycles. The van der Waals surface area contributed by atoms with E-state index < -0.39 is 36.1 Å². The van der Waals surface area contributed by atoms with Crippen LogP contribution in [0, 0.1) is 5.82 Å². The largest absolute Gasteiger partial charge is 0.480 e. The van der Waals surface area contributed by atoms with E-state index in [1.54, 1.807) is 0 Å². The summed E-state index contributed by atoms with van der Waals surface area (Å²) >= 11 is 3.04. The van der Waals surface area contributed by atoms with Crippen LogP contribution >= 0.6 is 15.9 Å². The van der Waals surface area contributed by atoms with E-state index in [0.717, 1.165) is 18.5 Å². The van der Waals surface area contributed by atoms with Crippen molar-refractivity contribution >= 4 is 22.3 Å². The molecule has 0 spiro atoms. The lowest BCUT2D eigenvalue weighted by Gasteiger charge is -2.34. The van der Waals surface area contributed by atoms with Crippen molar-refractivity contribution in [2.24, 2.45) is 4.99 Å². The molecule has 0 amide bonds. The highest BCUT2D eigenvalue weighted by molar-refractivity contribution is 9.10. The first-order valence-electron chi connectivity index (χ1n) is 5.01. The van der Waals surface area contributed by atoms with E-state index >= 15 is 0 Å². The van der Waals surface area contributed by atoms with Crippen molar-refractivity contribution in [3.05, 3.63) is 34.1 Å². The van der Waals surface area contributed by atoms with Gasteiger partial charge in [-0.3, -0.25) is 0 Å². The van der Waals surface area contributed by atoms with Gasteiger partial charge in [0.05, 0.1) is 0 Å². The van der Waals surface area contributed by atoms with Crippen molar-refractivity contribution in [2.75, 3.05) is 6.61 Å². The third-order valence-electron chi connectivity index (χ3n) is 2.75. The van der Waals surface area contributed by atoms with E-state index in [2.05, 4.69) is 25.7 Å². The summed E-state index contributed by atoms with van der Waals surface area (Å²) in [5, 5.41) is 0. The molecule has 18 heavy (non-hydrogen) atoms. The monoisotopic (exact) mass is 325 g/mol. The fourth-order valence-electron chi connectivity index (χ4n) is 1.81. The Morgan fingerprint density at radius 3 is 2.78 bits per heavy atom. The molecule has 7 heteroatoms. The minimum atomic E-state index is -3.18. The van der Waals surface area contributed by atoms with Gasteiger partial charge in [0.15, 0.2) is 18.1 Å². The average molecular weight is 326 g/mol. The second-order valence-corrected chi connectivity index (χ2v) is 4.70. The van der Waals surface area contributed by atoms with Crippen molar-refractivity contribution in [1.82, 2.24) is 0 Å². The number of ether oxygens (including phenoxy) is 1. The Labute approximate surface area is 109 Å². The number of aliphatic imine (C=N–C) groups is 1. The Hall–Kier alpha value is -1.11. The highest BCUT2D eigenvalue weighted by atomic mass is 79.9. The van der Waals surface area contributed by atoms with Crippen molar-refractivity contribution in [1.29, 1.82) is 0 Å². The third kappa shape index (κ3) is 2.00. The normalized spacial score (nSPS) is 27.3. The summed E-state index contributed by atoms with van der Waals surface area (Å²) in [4.78, 5) is 3.38. The molecule has 2 atom stereocenters. The van der Waals surface area contributed by atoms with Crippen molar-refractivity contribution in [3.63, 3.8) is 0 Å². The maximum atomic E-state index is 13.9. The van der Waals surface area contributed by atoms with Gasteiger partial charge in [-0.05, 0) is 18.2 Å². The number of hydrogen-bond donors (Lipinski definition) is 0. The molecule has 0 bridgehead atoms. The maximum absolute atomic E-state index is 13.9. The van der Waals surface area contributed by atoms with Crippen LogP contribution in [0.3, 0.4) is 0 Å². The van der Waals surface area contributed by atoms with Gasteiger partial charge in [0.2, 0.25) is 0 Å². The van der Waals surface area contributed by atoms with Gasteiger partial charge in [-0.15, -0.1) is 0 Å². The van der Waals surface area contributed by atoms with Crippen molar-refractivity contribution in [2.45, 2.75) is 18.1 Å². The molecule has 0 saturated carbocycles. The molecular weight excluding hydrogens is 318 g/mol. The second-order valence-electron chi connectivity index (χ2n) is 3.79. The molecule has 1 aliphatic heterocycles. The van der Waals surface area contributed by atoms with Crippen LogP contribution in [0.4, 0.5) is 17.6 Å². The van der Waals surface area contributed by atoms with Crippen LogP contribution in [0.5, 0.6) is 0 Å². The lowest BCUT2D eigenvalue weighted by molar-refractivity contribution is -0.0271. The first kappa shape index (κ1) is 13.3. The molecule has 0 saturated heterocycles. The van der Waals surface area contributed by atoms with E-state index in [-0.39, 0.29) is 0 Å². The molecular formula is C11H8BrF4NO. The van der Waals surface area contributed by atoms with E-state index in [9.17, 15) is 17.6 Å². The fourth-order valence-corrected chi connectivity index (χ4v) is 2.17. The van der Waals surface area contributed by atoms with Gasteiger partial charge in [-0.2, -0.15) is 0 Å². The topological polar surface area (TPSA) is 21.6 Å². The quantitative estimate of drug-likeness (QED) is 0.763. The standard InChI is InChI=1S/C11H8BrF4NO/c12-6-1-2-8(13)7(3-6)11(10(15)16)9(14)4-18-5-17-11/h1-3,5,9-10H,4H2/t9-,11-/m1/s1. The lowest BCUT2D eigenvalue weighted by atomic mass is 9.85. The Morgan fingerprint density at radius 1 is 1.44 bits per heavy atom. The molecule has 1 aliphatic rings.